The van der Waals surface area contributed by atoms with Crippen LogP contribution in [0, 0.1) is 26.2 Å². The van der Waals surface area contributed by atoms with Gasteiger partial charge in [0.25, 0.3) is 0 Å². The van der Waals surface area contributed by atoms with Gasteiger partial charge in [0.1, 0.15) is 0 Å². The third-order valence-electron chi connectivity index (χ3n) is 6.36. The molecule has 0 saturated carbocycles. The van der Waals surface area contributed by atoms with Crippen LogP contribution in [0.15, 0.2) is 30.6 Å². The van der Waals surface area contributed by atoms with E-state index in [1.165, 1.54) is 29.5 Å². The smallest absolute Gasteiger partial charge is 0.222 e. The SMILES string of the molecule is Cc1cc(C)cc(CN2CCC[C@]3(CCC(=O)N(Cc4cnc(C)cn4)C3)C2)c1. The zero-order valence-corrected chi connectivity index (χ0v) is 17.9. The summed E-state index contributed by atoms with van der Waals surface area (Å²) in [5, 5.41) is 0. The number of nitrogens with zero attached hydrogens (tertiary/aromatic N) is 4. The van der Waals surface area contributed by atoms with Gasteiger partial charge in [-0.3, -0.25) is 19.7 Å². The summed E-state index contributed by atoms with van der Waals surface area (Å²) in [6.07, 6.45) is 7.65. The number of hydrogen-bond acceptors (Lipinski definition) is 4. The Bertz CT molecular complexity index is 859. The predicted molar refractivity (Wildman–Crippen MR) is 114 cm³/mol. The number of aryl methyl sites for hydroxylation is 3. The second kappa shape index (κ2) is 8.23. The molecule has 154 valence electrons. The molecule has 2 saturated heterocycles. The molecule has 2 fully saturated rings. The highest BCUT2D eigenvalue weighted by Crippen LogP contribution is 2.39. The molecule has 4 rings (SSSR count). The van der Waals surface area contributed by atoms with Crippen molar-refractivity contribution in [1.29, 1.82) is 0 Å². The molecule has 0 N–H and O–H groups in total. The molecule has 2 aromatic rings. The fourth-order valence-electron chi connectivity index (χ4n) is 5.14. The molecule has 0 bridgehead atoms. The van der Waals surface area contributed by atoms with Crippen LogP contribution in [0.25, 0.3) is 0 Å². The van der Waals surface area contributed by atoms with E-state index in [1.807, 2.05) is 11.8 Å². The van der Waals surface area contributed by atoms with Gasteiger partial charge in [0.05, 0.1) is 24.1 Å². The van der Waals surface area contributed by atoms with Crippen LogP contribution >= 0.6 is 0 Å². The van der Waals surface area contributed by atoms with Crippen LogP contribution in [0.5, 0.6) is 0 Å². The lowest BCUT2D eigenvalue weighted by Crippen LogP contribution is -2.53. The molecule has 1 spiro atoms. The van der Waals surface area contributed by atoms with Crippen LogP contribution in [0.4, 0.5) is 0 Å². The Kier molecular flexibility index (Phi) is 5.68. The van der Waals surface area contributed by atoms with E-state index in [-0.39, 0.29) is 11.3 Å². The predicted octanol–water partition coefficient (Wildman–Crippen LogP) is 3.81. The zero-order valence-electron chi connectivity index (χ0n) is 17.9. The first-order chi connectivity index (χ1) is 13.9. The van der Waals surface area contributed by atoms with Crippen molar-refractivity contribution in [3.63, 3.8) is 0 Å². The van der Waals surface area contributed by atoms with Crippen molar-refractivity contribution in [3.05, 3.63) is 58.7 Å². The van der Waals surface area contributed by atoms with Crippen LogP contribution in [0.2, 0.25) is 0 Å². The molecule has 1 amide bonds. The zero-order chi connectivity index (χ0) is 20.4. The number of piperidine rings is 2. The summed E-state index contributed by atoms with van der Waals surface area (Å²) in [4.78, 5) is 26.0. The van der Waals surface area contributed by atoms with Crippen molar-refractivity contribution in [2.45, 2.75) is 59.5 Å². The summed E-state index contributed by atoms with van der Waals surface area (Å²) in [5.74, 6) is 0.254. The van der Waals surface area contributed by atoms with E-state index in [9.17, 15) is 4.79 Å². The lowest BCUT2D eigenvalue weighted by molar-refractivity contribution is -0.140. The number of carbonyl (C=O) groups is 1. The van der Waals surface area contributed by atoms with Gasteiger partial charge in [-0.2, -0.15) is 0 Å². The number of aromatic nitrogens is 2. The normalized spacial score (nSPS) is 23.0. The first-order valence-electron chi connectivity index (χ1n) is 10.8. The lowest BCUT2D eigenvalue weighted by atomic mass is 9.73. The van der Waals surface area contributed by atoms with Crippen LogP contribution in [-0.4, -0.2) is 45.3 Å². The van der Waals surface area contributed by atoms with Gasteiger partial charge >= 0.3 is 0 Å². The Morgan fingerprint density at radius 2 is 1.76 bits per heavy atom. The monoisotopic (exact) mass is 392 g/mol. The number of benzene rings is 1. The van der Waals surface area contributed by atoms with E-state index in [1.54, 1.807) is 12.4 Å². The van der Waals surface area contributed by atoms with E-state index >= 15 is 0 Å². The van der Waals surface area contributed by atoms with Crippen LogP contribution < -0.4 is 0 Å². The van der Waals surface area contributed by atoms with Crippen molar-refractivity contribution in [1.82, 2.24) is 19.8 Å². The molecule has 0 unspecified atom stereocenters. The molecule has 2 aliphatic heterocycles. The minimum absolute atomic E-state index is 0.211. The topological polar surface area (TPSA) is 49.3 Å². The van der Waals surface area contributed by atoms with Crippen LogP contribution in [0.3, 0.4) is 0 Å². The van der Waals surface area contributed by atoms with Gasteiger partial charge in [0, 0.05) is 37.7 Å². The van der Waals surface area contributed by atoms with Gasteiger partial charge in [-0.05, 0) is 52.1 Å². The maximum atomic E-state index is 12.6. The summed E-state index contributed by atoms with van der Waals surface area (Å²) in [6, 6.07) is 6.85. The third-order valence-corrected chi connectivity index (χ3v) is 6.36. The van der Waals surface area contributed by atoms with E-state index in [4.69, 9.17) is 0 Å². The molecule has 0 aliphatic carbocycles. The van der Waals surface area contributed by atoms with Crippen LogP contribution in [0.1, 0.15) is 53.8 Å². The maximum absolute atomic E-state index is 12.6. The fourth-order valence-corrected chi connectivity index (χ4v) is 5.14. The molecule has 3 heterocycles. The van der Waals surface area contributed by atoms with Crippen molar-refractivity contribution in [2.75, 3.05) is 19.6 Å². The van der Waals surface area contributed by atoms with Gasteiger partial charge in [-0.1, -0.05) is 29.3 Å². The Labute approximate surface area is 174 Å². The van der Waals surface area contributed by atoms with E-state index in [0.29, 0.717) is 13.0 Å². The summed E-state index contributed by atoms with van der Waals surface area (Å²) in [5.41, 5.74) is 6.07. The molecule has 5 heteroatoms. The van der Waals surface area contributed by atoms with Crippen molar-refractivity contribution >= 4 is 5.91 Å². The van der Waals surface area contributed by atoms with Gasteiger partial charge in [0.2, 0.25) is 5.91 Å². The summed E-state index contributed by atoms with van der Waals surface area (Å²) in [7, 11) is 0. The molecule has 5 nitrogen and oxygen atoms in total. The lowest BCUT2D eigenvalue weighted by Gasteiger charge is -2.48. The Morgan fingerprint density at radius 3 is 2.48 bits per heavy atom. The molecule has 1 aromatic carbocycles. The average molecular weight is 393 g/mol. The highest BCUT2D eigenvalue weighted by atomic mass is 16.2. The second-order valence-corrected chi connectivity index (χ2v) is 9.21. The average Bonchev–Trinajstić information content (AvgIpc) is 2.66. The molecular formula is C24H32N4O. The number of hydrogen-bond donors (Lipinski definition) is 0. The maximum Gasteiger partial charge on any atom is 0.222 e. The third kappa shape index (κ3) is 4.84. The highest BCUT2D eigenvalue weighted by molar-refractivity contribution is 5.77. The Morgan fingerprint density at radius 1 is 0.966 bits per heavy atom. The number of carbonyl (C=O) groups excluding carboxylic acids is 1. The van der Waals surface area contributed by atoms with Crippen molar-refractivity contribution in [3.8, 4) is 0 Å². The minimum Gasteiger partial charge on any atom is -0.336 e. The first kappa shape index (κ1) is 20.0. The summed E-state index contributed by atoms with van der Waals surface area (Å²) in [6.45, 7) is 10.9. The number of rotatable bonds is 4. The summed E-state index contributed by atoms with van der Waals surface area (Å²) < 4.78 is 0. The van der Waals surface area contributed by atoms with Gasteiger partial charge in [-0.15, -0.1) is 0 Å². The van der Waals surface area contributed by atoms with Crippen molar-refractivity contribution in [2.24, 2.45) is 5.41 Å². The minimum atomic E-state index is 0.211. The van der Waals surface area contributed by atoms with Gasteiger partial charge < -0.3 is 4.90 Å². The second-order valence-electron chi connectivity index (χ2n) is 9.21. The summed E-state index contributed by atoms with van der Waals surface area (Å²) >= 11 is 0. The molecule has 1 atom stereocenters. The molecular weight excluding hydrogens is 360 g/mol. The Hall–Kier alpha value is -2.27. The molecule has 29 heavy (non-hydrogen) atoms. The van der Waals surface area contributed by atoms with E-state index in [2.05, 4.69) is 46.9 Å². The number of likely N-dealkylation sites (tertiary alicyclic amines) is 2. The number of amides is 1. The van der Waals surface area contributed by atoms with Gasteiger partial charge in [-0.25, -0.2) is 0 Å². The standard InChI is InChI=1S/C24H32N4O/c1-18-9-19(2)11-21(10-18)14-27-8-4-6-24(16-27)7-5-23(29)28(17-24)15-22-13-25-20(3)12-26-22/h9-13H,4-8,14-17H2,1-3H3/t24-/m0/s1. The highest BCUT2D eigenvalue weighted by Gasteiger charge is 2.41. The largest absolute Gasteiger partial charge is 0.336 e. The molecule has 0 radical (unpaired) electrons. The molecule has 2 aliphatic rings. The van der Waals surface area contributed by atoms with Crippen molar-refractivity contribution < 1.29 is 4.79 Å². The van der Waals surface area contributed by atoms with E-state index < -0.39 is 0 Å². The first-order valence-corrected chi connectivity index (χ1v) is 10.8. The Balaban J connectivity index is 1.44. The quantitative estimate of drug-likeness (QED) is 0.794. The van der Waals surface area contributed by atoms with Gasteiger partial charge in [0.15, 0.2) is 0 Å². The van der Waals surface area contributed by atoms with Crippen LogP contribution in [-0.2, 0) is 17.9 Å². The fraction of sp³-hybridized carbons (Fsp3) is 0.542. The molecule has 1 aromatic heterocycles. The van der Waals surface area contributed by atoms with E-state index in [0.717, 1.165) is 44.0 Å².